The highest BCUT2D eigenvalue weighted by molar-refractivity contribution is 7.25. The van der Waals surface area contributed by atoms with E-state index in [-0.39, 0.29) is 0 Å². The van der Waals surface area contributed by atoms with E-state index in [1.165, 1.54) is 69.3 Å². The van der Waals surface area contributed by atoms with Crippen LogP contribution >= 0.6 is 11.3 Å². The van der Waals surface area contributed by atoms with Crippen LogP contribution in [0.15, 0.2) is 223 Å². The summed E-state index contributed by atoms with van der Waals surface area (Å²) in [7, 11) is -2.33. The lowest BCUT2D eigenvalue weighted by atomic mass is 9.94. The van der Waals surface area contributed by atoms with Gasteiger partial charge in [-0.3, -0.25) is 0 Å². The van der Waals surface area contributed by atoms with Gasteiger partial charge in [0, 0.05) is 59.0 Å². The second-order valence-electron chi connectivity index (χ2n) is 17.6. The number of rotatable bonds is 7. The first-order valence-electron chi connectivity index (χ1n) is 22.3. The summed E-state index contributed by atoms with van der Waals surface area (Å²) < 4.78 is 9.28. The molecule has 0 N–H and O–H groups in total. The van der Waals surface area contributed by atoms with E-state index in [0.717, 1.165) is 50.4 Å². The summed E-state index contributed by atoms with van der Waals surface area (Å²) in [4.78, 5) is 4.89. The van der Waals surface area contributed by atoms with Crippen molar-refractivity contribution in [3.05, 3.63) is 218 Å². The van der Waals surface area contributed by atoms with Gasteiger partial charge < -0.3 is 14.2 Å². The lowest BCUT2D eigenvalue weighted by Crippen LogP contribution is -2.56. The summed E-state index contributed by atoms with van der Waals surface area (Å²) in [5.74, 6) is 0. The Morgan fingerprint density at radius 2 is 1.03 bits per heavy atom. The van der Waals surface area contributed by atoms with Crippen molar-refractivity contribution in [3.63, 3.8) is 0 Å². The average molecular weight is 867 g/mol. The molecule has 0 atom stereocenters. The van der Waals surface area contributed by atoms with Crippen LogP contribution in [0.1, 0.15) is 0 Å². The van der Waals surface area contributed by atoms with Gasteiger partial charge in [0.15, 0.2) is 5.58 Å². The minimum atomic E-state index is -2.33. The maximum Gasteiger partial charge on any atom is 0.159 e. The van der Waals surface area contributed by atoms with E-state index in [4.69, 9.17) is 4.42 Å². The Morgan fingerprint density at radius 1 is 0.385 bits per heavy atom. The zero-order valence-electron chi connectivity index (χ0n) is 36.0. The molecule has 0 spiro atoms. The van der Waals surface area contributed by atoms with Crippen LogP contribution in [0, 0.1) is 0 Å². The third-order valence-corrected chi connectivity index (χ3v) is 18.3. The largest absolute Gasteiger partial charge is 0.454 e. The standard InChI is InChI=1S/C60H42N2OSSi/c1-65(2)57-30-16-25-49-52(62(51-26-12-9-21-43(51)39-17-5-3-6-18-39)41-32-36-56-50(37-41)45-23-11-14-29-55(45)64-56)35-34-47(59(49)57)46-33-31-42(38-58(46)65)61(40-19-7-4-8-20-40)53-27-15-24-48-44-22-10-13-28-54(44)63-60(48)53/h3-38H,1-2H3. The van der Waals surface area contributed by atoms with Crippen LogP contribution in [0.2, 0.25) is 13.1 Å². The maximum absolute atomic E-state index is 6.67. The zero-order chi connectivity index (χ0) is 43.2. The molecule has 0 fully saturated rings. The van der Waals surface area contributed by atoms with Crippen LogP contribution in [0.4, 0.5) is 34.1 Å². The molecule has 65 heavy (non-hydrogen) atoms. The molecule has 0 unspecified atom stereocenters. The fraction of sp³-hybridized carbons (Fsp3) is 0.0333. The van der Waals surface area contributed by atoms with Crippen molar-refractivity contribution in [2.45, 2.75) is 13.1 Å². The first-order chi connectivity index (χ1) is 32.0. The van der Waals surface area contributed by atoms with Gasteiger partial charge >= 0.3 is 0 Å². The second kappa shape index (κ2) is 14.7. The predicted molar refractivity (Wildman–Crippen MR) is 281 cm³/mol. The molecule has 10 aromatic carbocycles. The van der Waals surface area contributed by atoms with Crippen molar-refractivity contribution in [2.75, 3.05) is 9.80 Å². The minimum absolute atomic E-state index is 0.888. The number of nitrogens with zero attached hydrogens (tertiary/aromatic N) is 2. The summed E-state index contributed by atoms with van der Waals surface area (Å²) in [5, 5.41) is 10.3. The fourth-order valence-electron chi connectivity index (χ4n) is 10.6. The van der Waals surface area contributed by atoms with Crippen LogP contribution in [0.5, 0.6) is 0 Å². The highest BCUT2D eigenvalue weighted by Crippen LogP contribution is 2.49. The molecule has 1 aliphatic heterocycles. The van der Waals surface area contributed by atoms with E-state index >= 15 is 0 Å². The van der Waals surface area contributed by atoms with Gasteiger partial charge in [0.25, 0.3) is 0 Å². The van der Waals surface area contributed by atoms with E-state index < -0.39 is 8.07 Å². The molecule has 0 saturated carbocycles. The van der Waals surface area contributed by atoms with Gasteiger partial charge in [0.1, 0.15) is 13.7 Å². The summed E-state index contributed by atoms with van der Waals surface area (Å²) in [6, 6.07) is 80.1. The lowest BCUT2D eigenvalue weighted by molar-refractivity contribution is 0.669. The number of hydrogen-bond donors (Lipinski definition) is 0. The first kappa shape index (κ1) is 37.8. The summed E-state index contributed by atoms with van der Waals surface area (Å²) in [6.07, 6.45) is 0. The van der Waals surface area contributed by atoms with Crippen molar-refractivity contribution in [2.24, 2.45) is 0 Å². The Balaban J connectivity index is 1.02. The highest BCUT2D eigenvalue weighted by atomic mass is 32.1. The molecule has 13 rings (SSSR count). The molecule has 3 nitrogen and oxygen atoms in total. The quantitative estimate of drug-likeness (QED) is 0.149. The normalized spacial score (nSPS) is 12.9. The molecule has 0 radical (unpaired) electrons. The Hall–Kier alpha value is -7.70. The topological polar surface area (TPSA) is 19.6 Å². The molecule has 0 saturated heterocycles. The van der Waals surface area contributed by atoms with Crippen molar-refractivity contribution in [1.29, 1.82) is 0 Å². The number of anilines is 6. The number of para-hydroxylation sites is 4. The third-order valence-electron chi connectivity index (χ3n) is 13.6. The summed E-state index contributed by atoms with van der Waals surface area (Å²) in [6.45, 7) is 5.07. The van der Waals surface area contributed by atoms with Crippen LogP contribution in [-0.4, -0.2) is 8.07 Å². The summed E-state index contributed by atoms with van der Waals surface area (Å²) >= 11 is 1.86. The van der Waals surface area contributed by atoms with Crippen molar-refractivity contribution in [3.8, 4) is 22.3 Å². The molecule has 0 bridgehead atoms. The number of fused-ring (bicyclic) bond motifs is 8. The van der Waals surface area contributed by atoms with Crippen LogP contribution in [0.3, 0.4) is 0 Å². The number of benzene rings is 10. The highest BCUT2D eigenvalue weighted by Gasteiger charge is 2.37. The number of furan rings is 1. The van der Waals surface area contributed by atoms with E-state index in [1.807, 2.05) is 17.4 Å². The second-order valence-corrected chi connectivity index (χ2v) is 23.0. The van der Waals surface area contributed by atoms with E-state index in [9.17, 15) is 0 Å². The van der Waals surface area contributed by atoms with Crippen molar-refractivity contribution < 1.29 is 4.42 Å². The fourth-order valence-corrected chi connectivity index (χ4v) is 14.8. The van der Waals surface area contributed by atoms with Crippen molar-refractivity contribution in [1.82, 2.24) is 0 Å². The number of hydrogen-bond acceptors (Lipinski definition) is 4. The van der Waals surface area contributed by atoms with Gasteiger partial charge in [-0.25, -0.2) is 0 Å². The Labute approximate surface area is 382 Å². The lowest BCUT2D eigenvalue weighted by Gasteiger charge is -2.36. The van der Waals surface area contributed by atoms with Gasteiger partial charge in [-0.05, 0) is 105 Å². The molecular weight excluding hydrogens is 825 g/mol. The van der Waals surface area contributed by atoms with Gasteiger partial charge in [0.2, 0.25) is 0 Å². The number of thiophene rings is 1. The minimum Gasteiger partial charge on any atom is -0.454 e. The predicted octanol–water partition coefficient (Wildman–Crippen LogP) is 16.5. The van der Waals surface area contributed by atoms with E-state index in [1.54, 1.807) is 0 Å². The smallest absolute Gasteiger partial charge is 0.159 e. The zero-order valence-corrected chi connectivity index (χ0v) is 37.8. The monoisotopic (exact) mass is 866 g/mol. The van der Waals surface area contributed by atoms with E-state index in [2.05, 4.69) is 235 Å². The SMILES string of the molecule is C[Si]1(C)c2cc(N(c3ccccc3)c3cccc4c3oc3ccccc34)ccc2-c2ccc(N(c3ccc4sc5ccccc5c4c3)c3ccccc3-c3ccccc3)c3cccc1c23. The molecule has 12 aromatic rings. The van der Waals surface area contributed by atoms with Gasteiger partial charge in [-0.1, -0.05) is 159 Å². The van der Waals surface area contributed by atoms with Gasteiger partial charge in [-0.15, -0.1) is 11.3 Å². The molecule has 5 heteroatoms. The van der Waals surface area contributed by atoms with Gasteiger partial charge in [0.05, 0.1) is 17.1 Å². The summed E-state index contributed by atoms with van der Waals surface area (Å²) in [5.41, 5.74) is 13.5. The molecule has 1 aliphatic rings. The molecule has 0 amide bonds. The first-order valence-corrected chi connectivity index (χ1v) is 26.2. The third kappa shape index (κ3) is 5.86. The maximum atomic E-state index is 6.67. The Kier molecular flexibility index (Phi) is 8.54. The van der Waals surface area contributed by atoms with Crippen molar-refractivity contribution >= 4 is 117 Å². The van der Waals surface area contributed by atoms with Crippen LogP contribution < -0.4 is 20.2 Å². The van der Waals surface area contributed by atoms with Crippen LogP contribution in [-0.2, 0) is 0 Å². The molecule has 2 aromatic heterocycles. The molecular formula is C60H42N2OSSi. The Bertz CT molecular complexity index is 3830. The Morgan fingerprint density at radius 3 is 1.91 bits per heavy atom. The van der Waals surface area contributed by atoms with Crippen LogP contribution in [0.25, 0.3) is 75.1 Å². The molecule has 0 aliphatic carbocycles. The molecule has 308 valence electrons. The van der Waals surface area contributed by atoms with E-state index in [0.29, 0.717) is 0 Å². The van der Waals surface area contributed by atoms with Gasteiger partial charge in [-0.2, -0.15) is 0 Å². The molecule has 3 heterocycles. The average Bonchev–Trinajstić information content (AvgIpc) is 3.93.